The lowest BCUT2D eigenvalue weighted by Crippen LogP contribution is -2.35. The maximum atomic E-state index is 13.2. The van der Waals surface area contributed by atoms with Crippen LogP contribution in [0.1, 0.15) is 39.0 Å². The molecule has 0 aromatic heterocycles. The van der Waals surface area contributed by atoms with Crippen molar-refractivity contribution in [2.75, 3.05) is 11.9 Å². The number of carbonyl (C=O) groups excluding carboxylic acids is 4. The first-order valence-electron chi connectivity index (χ1n) is 9.58. The molecule has 1 aliphatic heterocycles. The van der Waals surface area contributed by atoms with Crippen LogP contribution in [0, 0.1) is 23.5 Å². The second kappa shape index (κ2) is 8.67. The Bertz CT molecular complexity index is 820. The number of rotatable bonds is 6. The minimum Gasteiger partial charge on any atom is -0.452 e. The number of likely N-dealkylation sites (tertiary alicyclic amines) is 1. The predicted molar refractivity (Wildman–Crippen MR) is 97.3 cm³/mol. The molecule has 1 aromatic carbocycles. The molecule has 7 nitrogen and oxygen atoms in total. The van der Waals surface area contributed by atoms with Crippen molar-refractivity contribution in [1.82, 2.24) is 4.90 Å². The average molecular weight is 408 g/mol. The number of amides is 3. The molecule has 3 amide bonds. The van der Waals surface area contributed by atoms with Crippen LogP contribution >= 0.6 is 0 Å². The van der Waals surface area contributed by atoms with Gasteiger partial charge in [-0.25, -0.2) is 8.78 Å². The number of halogens is 2. The molecule has 0 unspecified atom stereocenters. The molecule has 2 fully saturated rings. The third kappa shape index (κ3) is 4.60. The molecule has 1 heterocycles. The second-order valence-electron chi connectivity index (χ2n) is 7.33. The SMILES string of the molecule is C[C@@H](OC(=O)CCN1C(=O)[C@H]2CCCC[C@H]2C1=O)C(=O)Nc1ccc(F)c(F)c1. The summed E-state index contributed by atoms with van der Waals surface area (Å²) in [5.41, 5.74) is 0.0210. The smallest absolute Gasteiger partial charge is 0.308 e. The Morgan fingerprint density at radius 3 is 2.34 bits per heavy atom. The van der Waals surface area contributed by atoms with E-state index in [-0.39, 0.29) is 42.3 Å². The third-order valence-electron chi connectivity index (χ3n) is 5.34. The number of benzene rings is 1. The minimum absolute atomic E-state index is 0.0210. The summed E-state index contributed by atoms with van der Waals surface area (Å²) in [5.74, 6) is -4.67. The molecule has 2 aliphatic rings. The molecule has 0 spiro atoms. The lowest BCUT2D eigenvalue weighted by molar-refractivity contribution is -0.154. The van der Waals surface area contributed by atoms with Gasteiger partial charge in [0.1, 0.15) is 0 Å². The molecule has 1 N–H and O–H groups in total. The number of ether oxygens (including phenoxy) is 1. The van der Waals surface area contributed by atoms with Crippen LogP contribution in [0.4, 0.5) is 14.5 Å². The van der Waals surface area contributed by atoms with Crippen LogP contribution in [0.5, 0.6) is 0 Å². The molecule has 9 heteroatoms. The van der Waals surface area contributed by atoms with Crippen molar-refractivity contribution in [3.63, 3.8) is 0 Å². The van der Waals surface area contributed by atoms with Gasteiger partial charge in [-0.05, 0) is 31.9 Å². The summed E-state index contributed by atoms with van der Waals surface area (Å²) in [4.78, 5) is 50.0. The number of nitrogens with zero attached hydrogens (tertiary/aromatic N) is 1. The number of hydrogen-bond acceptors (Lipinski definition) is 5. The normalized spacial score (nSPS) is 22.2. The minimum atomic E-state index is -1.19. The molecule has 0 bridgehead atoms. The highest BCUT2D eigenvalue weighted by Crippen LogP contribution is 2.37. The Balaban J connectivity index is 1.48. The third-order valence-corrected chi connectivity index (χ3v) is 5.34. The summed E-state index contributed by atoms with van der Waals surface area (Å²) in [5, 5.41) is 2.32. The van der Waals surface area contributed by atoms with Crippen LogP contribution in [-0.4, -0.2) is 41.2 Å². The van der Waals surface area contributed by atoms with Gasteiger partial charge in [-0.1, -0.05) is 12.8 Å². The fraction of sp³-hybridized carbons (Fsp3) is 0.500. The first kappa shape index (κ1) is 20.9. The largest absolute Gasteiger partial charge is 0.452 e. The molecule has 156 valence electrons. The van der Waals surface area contributed by atoms with Gasteiger partial charge in [0, 0.05) is 18.3 Å². The van der Waals surface area contributed by atoms with Gasteiger partial charge in [0.25, 0.3) is 5.91 Å². The number of carbonyl (C=O) groups is 4. The molecule has 1 saturated heterocycles. The molecular formula is C20H22F2N2O5. The number of anilines is 1. The van der Waals surface area contributed by atoms with E-state index in [2.05, 4.69) is 5.32 Å². The fourth-order valence-electron chi connectivity index (χ4n) is 3.78. The van der Waals surface area contributed by atoms with Crippen LogP contribution in [0.2, 0.25) is 0 Å². The fourth-order valence-corrected chi connectivity index (χ4v) is 3.78. The zero-order valence-corrected chi connectivity index (χ0v) is 16.0. The van der Waals surface area contributed by atoms with Gasteiger partial charge in [0.15, 0.2) is 17.7 Å². The Morgan fingerprint density at radius 1 is 1.14 bits per heavy atom. The standard InChI is InChI=1S/C20H22F2N2O5/c1-11(18(26)23-12-6-7-15(21)16(22)10-12)29-17(25)8-9-24-19(27)13-4-2-3-5-14(13)20(24)28/h6-7,10-11,13-14H,2-5,8-9H2,1H3,(H,23,26)/t11-,13-,14+/m1/s1. The van der Waals surface area contributed by atoms with Gasteiger partial charge >= 0.3 is 5.97 Å². The summed E-state index contributed by atoms with van der Waals surface area (Å²) in [6.45, 7) is 1.24. The van der Waals surface area contributed by atoms with Crippen molar-refractivity contribution < 1.29 is 32.7 Å². The maximum Gasteiger partial charge on any atom is 0.308 e. The van der Waals surface area contributed by atoms with E-state index < -0.39 is 29.6 Å². The molecule has 3 atom stereocenters. The monoisotopic (exact) mass is 408 g/mol. The van der Waals surface area contributed by atoms with Crippen molar-refractivity contribution in [3.8, 4) is 0 Å². The molecule has 3 rings (SSSR count). The highest BCUT2D eigenvalue weighted by molar-refractivity contribution is 6.05. The van der Waals surface area contributed by atoms with Crippen molar-refractivity contribution in [2.24, 2.45) is 11.8 Å². The van der Waals surface area contributed by atoms with Crippen molar-refractivity contribution in [2.45, 2.75) is 45.1 Å². The average Bonchev–Trinajstić information content (AvgIpc) is 2.93. The first-order valence-corrected chi connectivity index (χ1v) is 9.58. The topological polar surface area (TPSA) is 92.8 Å². The van der Waals surface area contributed by atoms with Crippen molar-refractivity contribution >= 4 is 29.4 Å². The van der Waals surface area contributed by atoms with Gasteiger partial charge in [-0.3, -0.25) is 24.1 Å². The van der Waals surface area contributed by atoms with Gasteiger partial charge in [0.2, 0.25) is 11.8 Å². The Labute approximate surface area is 166 Å². The number of imide groups is 1. The molecule has 1 aromatic rings. The lowest BCUT2D eigenvalue weighted by atomic mass is 9.81. The summed E-state index contributed by atoms with van der Waals surface area (Å²) < 4.78 is 31.1. The van der Waals surface area contributed by atoms with Gasteiger partial charge in [0.05, 0.1) is 18.3 Å². The van der Waals surface area contributed by atoms with Gasteiger partial charge in [-0.15, -0.1) is 0 Å². The Kier molecular flexibility index (Phi) is 6.24. The molecule has 0 radical (unpaired) electrons. The quantitative estimate of drug-likeness (QED) is 0.576. The highest BCUT2D eigenvalue weighted by Gasteiger charge is 2.47. The number of fused-ring (bicyclic) bond motifs is 1. The highest BCUT2D eigenvalue weighted by atomic mass is 19.2. The van der Waals surface area contributed by atoms with Crippen molar-refractivity contribution in [1.29, 1.82) is 0 Å². The van der Waals surface area contributed by atoms with E-state index in [1.807, 2.05) is 0 Å². The van der Waals surface area contributed by atoms with E-state index in [0.717, 1.165) is 29.9 Å². The maximum absolute atomic E-state index is 13.2. The Morgan fingerprint density at radius 2 is 1.76 bits per heavy atom. The molecule has 1 aliphatic carbocycles. The number of esters is 1. The molecule has 1 saturated carbocycles. The van der Waals surface area contributed by atoms with E-state index in [4.69, 9.17) is 4.74 Å². The van der Waals surface area contributed by atoms with Crippen LogP contribution in [-0.2, 0) is 23.9 Å². The van der Waals surface area contributed by atoms with Crippen LogP contribution in [0.15, 0.2) is 18.2 Å². The van der Waals surface area contributed by atoms with Crippen LogP contribution < -0.4 is 5.32 Å². The molecule has 29 heavy (non-hydrogen) atoms. The zero-order chi connectivity index (χ0) is 21.1. The summed E-state index contributed by atoms with van der Waals surface area (Å²) >= 11 is 0. The van der Waals surface area contributed by atoms with E-state index in [1.54, 1.807) is 0 Å². The van der Waals surface area contributed by atoms with Crippen LogP contribution in [0.3, 0.4) is 0 Å². The summed E-state index contributed by atoms with van der Waals surface area (Å²) in [7, 11) is 0. The van der Waals surface area contributed by atoms with E-state index in [0.29, 0.717) is 12.8 Å². The second-order valence-corrected chi connectivity index (χ2v) is 7.33. The lowest BCUT2D eigenvalue weighted by Gasteiger charge is -2.19. The zero-order valence-electron chi connectivity index (χ0n) is 16.0. The van der Waals surface area contributed by atoms with E-state index in [9.17, 15) is 28.0 Å². The molecular weight excluding hydrogens is 386 g/mol. The van der Waals surface area contributed by atoms with Gasteiger partial charge < -0.3 is 10.1 Å². The van der Waals surface area contributed by atoms with Crippen molar-refractivity contribution in [3.05, 3.63) is 29.8 Å². The van der Waals surface area contributed by atoms with Gasteiger partial charge in [-0.2, -0.15) is 0 Å². The number of hydrogen-bond donors (Lipinski definition) is 1. The predicted octanol–water partition coefficient (Wildman–Crippen LogP) is 2.40. The summed E-state index contributed by atoms with van der Waals surface area (Å²) in [6, 6.07) is 2.85. The first-order chi connectivity index (χ1) is 13.8. The van der Waals surface area contributed by atoms with E-state index in [1.165, 1.54) is 13.0 Å². The van der Waals surface area contributed by atoms with E-state index >= 15 is 0 Å². The Hall–Kier alpha value is -2.84. The van der Waals surface area contributed by atoms with Crippen LogP contribution in [0.25, 0.3) is 0 Å². The number of nitrogens with one attached hydrogen (secondary N) is 1. The summed E-state index contributed by atoms with van der Waals surface area (Å²) in [6.07, 6.45) is 1.80.